The molecular formula is C16H14N2O2S. The van der Waals surface area contributed by atoms with E-state index in [1.165, 1.54) is 34.7 Å². The number of Topliss-reactive ketones (excluding diaryl/α,β-unsaturated/α-hetero) is 1. The summed E-state index contributed by atoms with van der Waals surface area (Å²) in [5.74, 6) is -0.0645. The summed E-state index contributed by atoms with van der Waals surface area (Å²) < 4.78 is 1.37. The topological polar surface area (TPSA) is 52.0 Å². The van der Waals surface area contributed by atoms with Gasteiger partial charge in [0.25, 0.3) is 5.56 Å². The molecule has 2 heterocycles. The van der Waals surface area contributed by atoms with Crippen LogP contribution in [0.5, 0.6) is 0 Å². The molecule has 0 fully saturated rings. The first-order valence-electron chi connectivity index (χ1n) is 6.59. The number of fused-ring (bicyclic) bond motifs is 1. The lowest BCUT2D eigenvalue weighted by molar-refractivity contribution is -0.117. The van der Waals surface area contributed by atoms with Gasteiger partial charge < -0.3 is 0 Å². The minimum Gasteiger partial charge on any atom is -0.298 e. The maximum absolute atomic E-state index is 12.6. The van der Waals surface area contributed by atoms with Gasteiger partial charge in [-0.15, -0.1) is 11.3 Å². The number of ketones is 1. The van der Waals surface area contributed by atoms with E-state index in [0.29, 0.717) is 10.2 Å². The molecule has 0 aliphatic heterocycles. The van der Waals surface area contributed by atoms with Gasteiger partial charge >= 0.3 is 0 Å². The van der Waals surface area contributed by atoms with Crippen molar-refractivity contribution in [3.8, 4) is 11.1 Å². The van der Waals surface area contributed by atoms with Crippen LogP contribution in [0.1, 0.15) is 12.5 Å². The molecule has 0 N–H and O–H groups in total. The SMILES string of the molecule is CC(=O)Cn1cnc2scc(-c3ccc(C)cc3)c2c1=O. The lowest BCUT2D eigenvalue weighted by atomic mass is 10.1. The summed E-state index contributed by atoms with van der Waals surface area (Å²) >= 11 is 1.45. The highest BCUT2D eigenvalue weighted by molar-refractivity contribution is 7.17. The molecule has 3 aromatic rings. The minimum absolute atomic E-state index is 0.0605. The van der Waals surface area contributed by atoms with E-state index in [4.69, 9.17) is 0 Å². The number of aryl methyl sites for hydroxylation is 1. The van der Waals surface area contributed by atoms with Crippen molar-refractivity contribution in [1.29, 1.82) is 0 Å². The summed E-state index contributed by atoms with van der Waals surface area (Å²) in [5.41, 5.74) is 2.88. The van der Waals surface area contributed by atoms with Gasteiger partial charge in [-0.25, -0.2) is 4.98 Å². The standard InChI is InChI=1S/C16H14N2O2S/c1-10-3-5-12(6-4-10)13-8-21-15-14(13)16(20)18(9-17-15)7-11(2)19/h3-6,8-9H,7H2,1-2H3. The van der Waals surface area contributed by atoms with Crippen LogP contribution in [0.15, 0.2) is 40.8 Å². The zero-order valence-corrected chi connectivity index (χ0v) is 12.6. The van der Waals surface area contributed by atoms with E-state index < -0.39 is 0 Å². The monoisotopic (exact) mass is 298 g/mol. The highest BCUT2D eigenvalue weighted by Gasteiger charge is 2.13. The van der Waals surface area contributed by atoms with Crippen LogP contribution >= 0.6 is 11.3 Å². The normalized spacial score (nSPS) is 11.0. The number of benzene rings is 1. The zero-order chi connectivity index (χ0) is 15.0. The predicted molar refractivity (Wildman–Crippen MR) is 84.7 cm³/mol. The average Bonchev–Trinajstić information content (AvgIpc) is 2.87. The average molecular weight is 298 g/mol. The Morgan fingerprint density at radius 2 is 2.00 bits per heavy atom. The molecule has 106 valence electrons. The van der Waals surface area contributed by atoms with E-state index in [2.05, 4.69) is 4.98 Å². The zero-order valence-electron chi connectivity index (χ0n) is 11.8. The van der Waals surface area contributed by atoms with E-state index in [0.717, 1.165) is 11.1 Å². The second-order valence-corrected chi connectivity index (χ2v) is 5.93. The second-order valence-electron chi connectivity index (χ2n) is 5.08. The van der Waals surface area contributed by atoms with Crippen molar-refractivity contribution < 1.29 is 4.79 Å². The first-order chi connectivity index (χ1) is 10.1. The Hall–Kier alpha value is -2.27. The second kappa shape index (κ2) is 5.26. The van der Waals surface area contributed by atoms with E-state index in [1.54, 1.807) is 0 Å². The van der Waals surface area contributed by atoms with Crippen molar-refractivity contribution in [3.63, 3.8) is 0 Å². The fourth-order valence-electron chi connectivity index (χ4n) is 2.27. The molecule has 0 bridgehead atoms. The molecule has 0 aliphatic carbocycles. The maximum Gasteiger partial charge on any atom is 0.263 e. The summed E-state index contributed by atoms with van der Waals surface area (Å²) in [4.78, 5) is 28.8. The Morgan fingerprint density at radius 3 is 2.67 bits per heavy atom. The highest BCUT2D eigenvalue weighted by atomic mass is 32.1. The quantitative estimate of drug-likeness (QED) is 0.747. The molecule has 0 atom stereocenters. The summed E-state index contributed by atoms with van der Waals surface area (Å²) in [6, 6.07) is 8.03. The minimum atomic E-state index is -0.160. The molecule has 0 aliphatic rings. The molecule has 1 aromatic carbocycles. The molecule has 0 saturated heterocycles. The Morgan fingerprint density at radius 1 is 1.29 bits per heavy atom. The number of hydrogen-bond acceptors (Lipinski definition) is 4. The number of carbonyl (C=O) groups excluding carboxylic acids is 1. The van der Waals surface area contributed by atoms with Crippen molar-refractivity contribution in [3.05, 3.63) is 51.9 Å². The maximum atomic E-state index is 12.6. The van der Waals surface area contributed by atoms with Crippen LogP contribution in [-0.4, -0.2) is 15.3 Å². The molecule has 0 amide bonds. The highest BCUT2D eigenvalue weighted by Crippen LogP contribution is 2.30. The van der Waals surface area contributed by atoms with E-state index in [-0.39, 0.29) is 17.9 Å². The molecule has 0 radical (unpaired) electrons. The molecule has 3 rings (SSSR count). The van der Waals surface area contributed by atoms with Crippen molar-refractivity contribution in [2.75, 3.05) is 0 Å². The molecule has 21 heavy (non-hydrogen) atoms. The smallest absolute Gasteiger partial charge is 0.263 e. The molecular weight excluding hydrogens is 284 g/mol. The molecule has 0 unspecified atom stereocenters. The van der Waals surface area contributed by atoms with Crippen LogP contribution in [0, 0.1) is 6.92 Å². The van der Waals surface area contributed by atoms with Gasteiger partial charge in [-0.2, -0.15) is 0 Å². The first-order valence-corrected chi connectivity index (χ1v) is 7.47. The molecule has 4 nitrogen and oxygen atoms in total. The predicted octanol–water partition coefficient (Wildman–Crippen LogP) is 3.02. The van der Waals surface area contributed by atoms with Crippen molar-refractivity contribution in [2.24, 2.45) is 0 Å². The number of aromatic nitrogens is 2. The van der Waals surface area contributed by atoms with E-state index in [1.807, 2.05) is 36.6 Å². The summed E-state index contributed by atoms with van der Waals surface area (Å²) in [5, 5.41) is 2.54. The fraction of sp³-hybridized carbons (Fsp3) is 0.188. The van der Waals surface area contributed by atoms with E-state index >= 15 is 0 Å². The summed E-state index contributed by atoms with van der Waals surface area (Å²) in [6.45, 7) is 3.55. The van der Waals surface area contributed by atoms with Crippen LogP contribution in [0.25, 0.3) is 21.3 Å². The molecule has 2 aromatic heterocycles. The van der Waals surface area contributed by atoms with Gasteiger partial charge in [0.2, 0.25) is 0 Å². The lowest BCUT2D eigenvalue weighted by Crippen LogP contribution is -2.23. The third-order valence-corrected chi connectivity index (χ3v) is 4.20. The third kappa shape index (κ3) is 2.52. The Labute approximate surface area is 125 Å². The number of carbonyl (C=O) groups is 1. The first kappa shape index (κ1) is 13.7. The third-order valence-electron chi connectivity index (χ3n) is 3.32. The van der Waals surface area contributed by atoms with Gasteiger partial charge in [-0.3, -0.25) is 14.2 Å². The van der Waals surface area contributed by atoms with Crippen LogP contribution < -0.4 is 5.56 Å². The number of nitrogens with zero attached hydrogens (tertiary/aromatic N) is 2. The molecule has 0 spiro atoms. The lowest BCUT2D eigenvalue weighted by Gasteiger charge is -2.04. The Bertz CT molecular complexity index is 875. The van der Waals surface area contributed by atoms with E-state index in [9.17, 15) is 9.59 Å². The summed E-state index contributed by atoms with van der Waals surface area (Å²) in [6.07, 6.45) is 1.45. The van der Waals surface area contributed by atoms with Crippen LogP contribution in [0.3, 0.4) is 0 Å². The van der Waals surface area contributed by atoms with Crippen molar-refractivity contribution in [1.82, 2.24) is 9.55 Å². The summed E-state index contributed by atoms with van der Waals surface area (Å²) in [7, 11) is 0. The van der Waals surface area contributed by atoms with Crippen molar-refractivity contribution >= 4 is 27.3 Å². The molecule has 5 heteroatoms. The number of hydrogen-bond donors (Lipinski definition) is 0. The number of thiophene rings is 1. The van der Waals surface area contributed by atoms with Crippen LogP contribution in [0.2, 0.25) is 0 Å². The van der Waals surface area contributed by atoms with Gasteiger partial charge in [0.15, 0.2) is 0 Å². The largest absolute Gasteiger partial charge is 0.298 e. The van der Waals surface area contributed by atoms with Gasteiger partial charge in [-0.05, 0) is 19.4 Å². The van der Waals surface area contributed by atoms with Gasteiger partial charge in [0, 0.05) is 10.9 Å². The van der Waals surface area contributed by atoms with Gasteiger partial charge in [0.05, 0.1) is 18.3 Å². The van der Waals surface area contributed by atoms with Crippen LogP contribution in [0.4, 0.5) is 0 Å². The molecule has 0 saturated carbocycles. The number of rotatable bonds is 3. The van der Waals surface area contributed by atoms with Crippen molar-refractivity contribution in [2.45, 2.75) is 20.4 Å². The Balaban J connectivity index is 2.22. The van der Waals surface area contributed by atoms with Crippen LogP contribution in [-0.2, 0) is 11.3 Å². The van der Waals surface area contributed by atoms with Gasteiger partial charge in [0.1, 0.15) is 10.6 Å². The fourth-order valence-corrected chi connectivity index (χ4v) is 3.17. The van der Waals surface area contributed by atoms with Gasteiger partial charge in [-0.1, -0.05) is 29.8 Å². The Kier molecular flexibility index (Phi) is 3.43.